The summed E-state index contributed by atoms with van der Waals surface area (Å²) in [6.07, 6.45) is 0.852. The summed E-state index contributed by atoms with van der Waals surface area (Å²) < 4.78 is 5.31. The first-order valence-electron chi connectivity index (χ1n) is 4.76. The van der Waals surface area contributed by atoms with Crippen molar-refractivity contribution in [3.05, 3.63) is 23.2 Å². The van der Waals surface area contributed by atoms with Crippen molar-refractivity contribution in [3.8, 4) is 5.75 Å². The van der Waals surface area contributed by atoms with E-state index in [1.54, 1.807) is 6.07 Å². The van der Waals surface area contributed by atoms with E-state index in [-0.39, 0.29) is 0 Å². The predicted molar refractivity (Wildman–Crippen MR) is 62.0 cm³/mol. The minimum Gasteiger partial charge on any atom is -0.492 e. The molecule has 0 aliphatic heterocycles. The molecule has 0 spiro atoms. The first-order chi connectivity index (χ1) is 7.19. The van der Waals surface area contributed by atoms with Gasteiger partial charge in [-0.2, -0.15) is 0 Å². The van der Waals surface area contributed by atoms with Crippen molar-refractivity contribution in [3.63, 3.8) is 0 Å². The normalized spacial score (nSPS) is 9.80. The van der Waals surface area contributed by atoms with Crippen LogP contribution in [0.5, 0.6) is 5.75 Å². The lowest BCUT2D eigenvalue weighted by Gasteiger charge is -2.17. The first-order valence-corrected chi connectivity index (χ1v) is 5.14. The smallest absolute Gasteiger partial charge is 0.139 e. The van der Waals surface area contributed by atoms with Gasteiger partial charge in [0.15, 0.2) is 0 Å². The molecule has 0 aliphatic carbocycles. The van der Waals surface area contributed by atoms with Crippen LogP contribution in [0, 0.1) is 0 Å². The average Bonchev–Trinajstić information content (AvgIpc) is 2.21. The Morgan fingerprint density at radius 2 is 2.27 bits per heavy atom. The summed E-state index contributed by atoms with van der Waals surface area (Å²) in [5.74, 6) is 0.669. The van der Waals surface area contributed by atoms with E-state index in [9.17, 15) is 4.79 Å². The topological polar surface area (TPSA) is 29.5 Å². The second-order valence-corrected chi connectivity index (χ2v) is 3.50. The highest BCUT2D eigenvalue weighted by atomic mass is 35.5. The maximum absolute atomic E-state index is 10.3. The maximum atomic E-state index is 10.3. The Morgan fingerprint density at radius 3 is 2.80 bits per heavy atom. The lowest BCUT2D eigenvalue weighted by Crippen LogP contribution is -2.19. The summed E-state index contributed by atoms with van der Waals surface area (Å²) in [7, 11) is 1.83. The fourth-order valence-corrected chi connectivity index (χ4v) is 1.45. The molecule has 0 aromatic heterocycles. The fraction of sp³-hybridized carbons (Fsp3) is 0.364. The molecule has 3 nitrogen and oxygen atoms in total. The molecule has 0 aliphatic rings. The quantitative estimate of drug-likeness (QED) is 0.724. The summed E-state index contributed by atoms with van der Waals surface area (Å²) in [5, 5.41) is 0.562. The van der Waals surface area contributed by atoms with Gasteiger partial charge in [-0.3, -0.25) is 0 Å². The third-order valence-corrected chi connectivity index (χ3v) is 2.30. The summed E-state index contributed by atoms with van der Waals surface area (Å²) in [6.45, 7) is 2.84. The molecule has 0 atom stereocenters. The van der Waals surface area contributed by atoms with Crippen molar-refractivity contribution >= 4 is 23.6 Å². The highest BCUT2D eigenvalue weighted by molar-refractivity contribution is 6.32. The standard InChI is InChI=1S/C11H14ClNO2/c1-3-15-11-5-4-9(8-10(11)12)13(2)6-7-14/h4-5,7-8H,3,6H2,1-2H3. The Hall–Kier alpha value is -1.22. The molecule has 0 radical (unpaired) electrons. The molecular formula is C11H14ClNO2. The van der Waals surface area contributed by atoms with Gasteiger partial charge in [-0.25, -0.2) is 0 Å². The maximum Gasteiger partial charge on any atom is 0.139 e. The summed E-state index contributed by atoms with van der Waals surface area (Å²) in [6, 6.07) is 5.47. The summed E-state index contributed by atoms with van der Waals surface area (Å²) >= 11 is 6.01. The lowest BCUT2D eigenvalue weighted by molar-refractivity contribution is -0.106. The monoisotopic (exact) mass is 227 g/mol. The van der Waals surface area contributed by atoms with E-state index in [0.29, 0.717) is 23.9 Å². The third kappa shape index (κ3) is 3.13. The first kappa shape index (κ1) is 11.9. The zero-order valence-corrected chi connectivity index (χ0v) is 9.62. The van der Waals surface area contributed by atoms with Gasteiger partial charge in [0.05, 0.1) is 18.2 Å². The molecule has 15 heavy (non-hydrogen) atoms. The van der Waals surface area contributed by atoms with Crippen LogP contribution in [-0.2, 0) is 4.79 Å². The Kier molecular flexibility index (Phi) is 4.43. The number of carbonyl (C=O) groups excluding carboxylic acids is 1. The van der Waals surface area contributed by atoms with Gasteiger partial charge in [-0.1, -0.05) is 11.6 Å². The molecule has 4 heteroatoms. The molecule has 0 fully saturated rings. The van der Waals surface area contributed by atoms with Crippen molar-refractivity contribution in [1.82, 2.24) is 0 Å². The van der Waals surface area contributed by atoms with Gasteiger partial charge < -0.3 is 14.4 Å². The van der Waals surface area contributed by atoms with Crippen LogP contribution in [0.4, 0.5) is 5.69 Å². The van der Waals surface area contributed by atoms with Crippen LogP contribution < -0.4 is 9.64 Å². The second-order valence-electron chi connectivity index (χ2n) is 3.09. The minimum absolute atomic E-state index is 0.351. The number of nitrogens with zero attached hydrogens (tertiary/aromatic N) is 1. The van der Waals surface area contributed by atoms with Crippen molar-refractivity contribution in [2.45, 2.75) is 6.92 Å². The van der Waals surface area contributed by atoms with E-state index >= 15 is 0 Å². The van der Waals surface area contributed by atoms with Crippen LogP contribution in [0.15, 0.2) is 18.2 Å². The average molecular weight is 228 g/mol. The molecular weight excluding hydrogens is 214 g/mol. The van der Waals surface area contributed by atoms with Crippen LogP contribution in [0.2, 0.25) is 5.02 Å². The Balaban J connectivity index is 2.85. The van der Waals surface area contributed by atoms with Gasteiger partial charge in [0.2, 0.25) is 0 Å². The molecule has 0 saturated heterocycles. The number of ether oxygens (including phenoxy) is 1. The van der Waals surface area contributed by atoms with Crippen molar-refractivity contribution in [2.24, 2.45) is 0 Å². The van der Waals surface area contributed by atoms with Crippen LogP contribution in [0.3, 0.4) is 0 Å². The zero-order chi connectivity index (χ0) is 11.3. The van der Waals surface area contributed by atoms with E-state index in [0.717, 1.165) is 12.0 Å². The van der Waals surface area contributed by atoms with E-state index in [1.807, 2.05) is 31.0 Å². The Bertz CT molecular complexity index is 341. The number of aldehydes is 1. The molecule has 0 heterocycles. The van der Waals surface area contributed by atoms with Crippen molar-refractivity contribution in [2.75, 3.05) is 25.1 Å². The number of likely N-dealkylation sites (N-methyl/N-ethyl adjacent to an activating group) is 1. The molecule has 82 valence electrons. The fourth-order valence-electron chi connectivity index (χ4n) is 1.22. The summed E-state index contributed by atoms with van der Waals surface area (Å²) in [5.41, 5.74) is 0.899. The molecule has 0 amide bonds. The third-order valence-electron chi connectivity index (χ3n) is 2.00. The molecule has 1 aromatic rings. The Labute approximate surface area is 94.6 Å². The van der Waals surface area contributed by atoms with E-state index in [4.69, 9.17) is 16.3 Å². The minimum atomic E-state index is 0.351. The number of halogens is 1. The number of anilines is 1. The van der Waals surface area contributed by atoms with Crippen molar-refractivity contribution < 1.29 is 9.53 Å². The highest BCUT2D eigenvalue weighted by Crippen LogP contribution is 2.28. The number of hydrogen-bond acceptors (Lipinski definition) is 3. The highest BCUT2D eigenvalue weighted by Gasteiger charge is 2.05. The van der Waals surface area contributed by atoms with Gasteiger partial charge in [-0.15, -0.1) is 0 Å². The van der Waals surface area contributed by atoms with Gasteiger partial charge in [0.1, 0.15) is 12.0 Å². The largest absolute Gasteiger partial charge is 0.492 e. The SMILES string of the molecule is CCOc1ccc(N(C)CC=O)cc1Cl. The van der Waals surface area contributed by atoms with Gasteiger partial charge in [0.25, 0.3) is 0 Å². The van der Waals surface area contributed by atoms with Gasteiger partial charge >= 0.3 is 0 Å². The van der Waals surface area contributed by atoms with E-state index in [1.165, 1.54) is 0 Å². The van der Waals surface area contributed by atoms with E-state index in [2.05, 4.69) is 0 Å². The van der Waals surface area contributed by atoms with Crippen LogP contribution in [0.1, 0.15) is 6.92 Å². The summed E-state index contributed by atoms with van der Waals surface area (Å²) in [4.78, 5) is 12.2. The van der Waals surface area contributed by atoms with Crippen molar-refractivity contribution in [1.29, 1.82) is 0 Å². The number of benzene rings is 1. The lowest BCUT2D eigenvalue weighted by atomic mass is 10.3. The van der Waals surface area contributed by atoms with Crippen LogP contribution in [-0.4, -0.2) is 26.5 Å². The molecule has 1 rings (SSSR count). The zero-order valence-electron chi connectivity index (χ0n) is 8.87. The van der Waals surface area contributed by atoms with Gasteiger partial charge in [0, 0.05) is 12.7 Å². The van der Waals surface area contributed by atoms with Gasteiger partial charge in [-0.05, 0) is 25.1 Å². The Morgan fingerprint density at radius 1 is 1.53 bits per heavy atom. The predicted octanol–water partition coefficient (Wildman–Crippen LogP) is 2.37. The number of rotatable bonds is 5. The number of hydrogen-bond donors (Lipinski definition) is 0. The molecule has 0 saturated carbocycles. The number of carbonyl (C=O) groups is 1. The molecule has 0 unspecified atom stereocenters. The van der Waals surface area contributed by atoms with Crippen LogP contribution >= 0.6 is 11.6 Å². The molecule has 1 aromatic carbocycles. The second kappa shape index (κ2) is 5.61. The van der Waals surface area contributed by atoms with Crippen LogP contribution in [0.25, 0.3) is 0 Å². The molecule has 0 bridgehead atoms. The molecule has 0 N–H and O–H groups in total. The van der Waals surface area contributed by atoms with E-state index < -0.39 is 0 Å².